The number of carbonyl (C=O) groups excluding carboxylic acids is 1. The molecule has 100 valence electrons. The van der Waals surface area contributed by atoms with Crippen LogP contribution in [-0.2, 0) is 4.79 Å². The molecule has 5 nitrogen and oxygen atoms in total. The first-order valence-corrected chi connectivity index (χ1v) is 6.52. The number of hydrogen-bond acceptors (Lipinski definition) is 5. The maximum atomic E-state index is 13.1. The standard InChI is InChI=1S/C12H12FN3O2S/c1-7-3-4-9(13)5-10(7)14-11(17)6-19-12-16-15-8(2)18-12/h3-5H,6H2,1-2H3,(H,14,17). The van der Waals surface area contributed by atoms with Crippen molar-refractivity contribution < 1.29 is 13.6 Å². The van der Waals surface area contributed by atoms with E-state index in [-0.39, 0.29) is 17.5 Å². The molecule has 1 aromatic carbocycles. The molecule has 0 radical (unpaired) electrons. The van der Waals surface area contributed by atoms with Gasteiger partial charge >= 0.3 is 0 Å². The number of rotatable bonds is 4. The third kappa shape index (κ3) is 3.78. The molecule has 0 aliphatic rings. The second kappa shape index (κ2) is 5.83. The summed E-state index contributed by atoms with van der Waals surface area (Å²) in [6, 6.07) is 4.25. The number of hydrogen-bond donors (Lipinski definition) is 1. The number of amides is 1. The summed E-state index contributed by atoms with van der Waals surface area (Å²) in [5.74, 6) is -0.0723. The zero-order chi connectivity index (χ0) is 13.8. The molecule has 1 heterocycles. The van der Waals surface area contributed by atoms with Gasteiger partial charge in [-0.15, -0.1) is 10.2 Å². The Kier molecular flexibility index (Phi) is 4.16. The highest BCUT2D eigenvalue weighted by Gasteiger charge is 2.09. The second-order valence-corrected chi connectivity index (χ2v) is 4.81. The first kappa shape index (κ1) is 13.5. The van der Waals surface area contributed by atoms with Gasteiger partial charge in [0.15, 0.2) is 0 Å². The predicted molar refractivity (Wildman–Crippen MR) is 69.5 cm³/mol. The Balaban J connectivity index is 1.92. The van der Waals surface area contributed by atoms with E-state index in [1.54, 1.807) is 19.9 Å². The Bertz CT molecular complexity index is 600. The molecule has 0 bridgehead atoms. The van der Waals surface area contributed by atoms with E-state index in [9.17, 15) is 9.18 Å². The summed E-state index contributed by atoms with van der Waals surface area (Å²) in [5, 5.41) is 10.4. The maximum absolute atomic E-state index is 13.1. The molecule has 0 saturated carbocycles. The van der Waals surface area contributed by atoms with Gasteiger partial charge in [-0.05, 0) is 24.6 Å². The van der Waals surface area contributed by atoms with E-state index in [1.165, 1.54) is 12.1 Å². The molecule has 0 aliphatic heterocycles. The van der Waals surface area contributed by atoms with Crippen molar-refractivity contribution in [3.63, 3.8) is 0 Å². The minimum absolute atomic E-state index is 0.123. The summed E-state index contributed by atoms with van der Waals surface area (Å²) in [5.41, 5.74) is 1.26. The topological polar surface area (TPSA) is 68.0 Å². The number of nitrogens with zero attached hydrogens (tertiary/aromatic N) is 2. The van der Waals surface area contributed by atoms with Crippen LogP contribution in [0, 0.1) is 19.7 Å². The first-order valence-electron chi connectivity index (χ1n) is 5.53. The average Bonchev–Trinajstić information content (AvgIpc) is 2.77. The van der Waals surface area contributed by atoms with Gasteiger partial charge in [0.1, 0.15) is 5.82 Å². The van der Waals surface area contributed by atoms with Crippen LogP contribution >= 0.6 is 11.8 Å². The van der Waals surface area contributed by atoms with E-state index in [2.05, 4.69) is 15.5 Å². The summed E-state index contributed by atoms with van der Waals surface area (Å²) in [7, 11) is 0. The monoisotopic (exact) mass is 281 g/mol. The van der Waals surface area contributed by atoms with Crippen LogP contribution in [0.5, 0.6) is 0 Å². The van der Waals surface area contributed by atoms with Gasteiger partial charge < -0.3 is 9.73 Å². The molecule has 1 N–H and O–H groups in total. The fourth-order valence-electron chi connectivity index (χ4n) is 1.38. The number of aryl methyl sites for hydroxylation is 2. The number of halogens is 1. The lowest BCUT2D eigenvalue weighted by Gasteiger charge is -2.07. The van der Waals surface area contributed by atoms with Gasteiger partial charge in [0.25, 0.3) is 5.22 Å². The summed E-state index contributed by atoms with van der Waals surface area (Å²) >= 11 is 1.13. The molecule has 0 atom stereocenters. The number of thioether (sulfide) groups is 1. The minimum Gasteiger partial charge on any atom is -0.416 e. The van der Waals surface area contributed by atoms with Crippen LogP contribution in [0.1, 0.15) is 11.5 Å². The van der Waals surface area contributed by atoms with Crippen LogP contribution in [0.25, 0.3) is 0 Å². The Labute approximate surface area is 113 Å². The summed E-state index contributed by atoms with van der Waals surface area (Å²) in [6.45, 7) is 3.47. The second-order valence-electron chi connectivity index (χ2n) is 3.88. The zero-order valence-electron chi connectivity index (χ0n) is 10.4. The lowest BCUT2D eigenvalue weighted by atomic mass is 10.2. The van der Waals surface area contributed by atoms with Gasteiger partial charge in [-0.25, -0.2) is 4.39 Å². The fourth-order valence-corrected chi connectivity index (χ4v) is 1.98. The Morgan fingerprint density at radius 3 is 2.89 bits per heavy atom. The van der Waals surface area contributed by atoms with E-state index in [0.29, 0.717) is 16.8 Å². The van der Waals surface area contributed by atoms with Crippen molar-refractivity contribution in [2.45, 2.75) is 19.1 Å². The van der Waals surface area contributed by atoms with Gasteiger partial charge in [0.05, 0.1) is 5.75 Å². The van der Waals surface area contributed by atoms with Gasteiger partial charge in [0.2, 0.25) is 11.8 Å². The van der Waals surface area contributed by atoms with Crippen LogP contribution < -0.4 is 5.32 Å². The van der Waals surface area contributed by atoms with E-state index >= 15 is 0 Å². The highest BCUT2D eigenvalue weighted by atomic mass is 32.2. The predicted octanol–water partition coefficient (Wildman–Crippen LogP) is 2.56. The SMILES string of the molecule is Cc1nnc(SCC(=O)Nc2cc(F)ccc2C)o1. The van der Waals surface area contributed by atoms with Crippen LogP contribution in [0.2, 0.25) is 0 Å². The van der Waals surface area contributed by atoms with Crippen molar-refractivity contribution in [2.24, 2.45) is 0 Å². The van der Waals surface area contributed by atoms with Crippen LogP contribution in [0.4, 0.5) is 10.1 Å². The van der Waals surface area contributed by atoms with Crippen molar-refractivity contribution in [1.82, 2.24) is 10.2 Å². The average molecular weight is 281 g/mol. The number of carbonyl (C=O) groups is 1. The lowest BCUT2D eigenvalue weighted by molar-refractivity contribution is -0.113. The van der Waals surface area contributed by atoms with Crippen molar-refractivity contribution in [3.8, 4) is 0 Å². The zero-order valence-corrected chi connectivity index (χ0v) is 11.3. The first-order chi connectivity index (χ1) is 9.04. The Morgan fingerprint density at radius 2 is 2.21 bits per heavy atom. The van der Waals surface area contributed by atoms with Crippen molar-refractivity contribution >= 4 is 23.4 Å². The molecule has 19 heavy (non-hydrogen) atoms. The van der Waals surface area contributed by atoms with Crippen LogP contribution in [-0.4, -0.2) is 21.9 Å². The van der Waals surface area contributed by atoms with Crippen molar-refractivity contribution in [1.29, 1.82) is 0 Å². The molecule has 2 rings (SSSR count). The molecule has 2 aromatic rings. The Morgan fingerprint density at radius 1 is 1.42 bits per heavy atom. The maximum Gasteiger partial charge on any atom is 0.277 e. The summed E-state index contributed by atoms with van der Waals surface area (Å²) < 4.78 is 18.2. The number of nitrogens with one attached hydrogen (secondary N) is 1. The van der Waals surface area contributed by atoms with Crippen LogP contribution in [0.3, 0.4) is 0 Å². The lowest BCUT2D eigenvalue weighted by Crippen LogP contribution is -2.15. The molecular formula is C12H12FN3O2S. The van der Waals surface area contributed by atoms with Gasteiger partial charge in [-0.3, -0.25) is 4.79 Å². The molecule has 0 saturated heterocycles. The van der Waals surface area contributed by atoms with Gasteiger partial charge in [0, 0.05) is 12.6 Å². The number of benzene rings is 1. The molecule has 1 amide bonds. The molecule has 7 heteroatoms. The van der Waals surface area contributed by atoms with Gasteiger partial charge in [-0.1, -0.05) is 17.8 Å². The normalized spacial score (nSPS) is 10.5. The van der Waals surface area contributed by atoms with Gasteiger partial charge in [-0.2, -0.15) is 0 Å². The molecule has 0 aliphatic carbocycles. The molecule has 0 fully saturated rings. The Hall–Kier alpha value is -1.89. The highest BCUT2D eigenvalue weighted by Crippen LogP contribution is 2.18. The van der Waals surface area contributed by atoms with Crippen LogP contribution in [0.15, 0.2) is 27.8 Å². The third-order valence-electron chi connectivity index (χ3n) is 2.31. The van der Waals surface area contributed by atoms with E-state index in [4.69, 9.17) is 4.42 Å². The van der Waals surface area contributed by atoms with E-state index in [1.807, 2.05) is 0 Å². The number of aromatic nitrogens is 2. The fraction of sp³-hybridized carbons (Fsp3) is 0.250. The third-order valence-corrected chi connectivity index (χ3v) is 3.13. The largest absolute Gasteiger partial charge is 0.416 e. The van der Waals surface area contributed by atoms with E-state index < -0.39 is 0 Å². The summed E-state index contributed by atoms with van der Waals surface area (Å²) in [6.07, 6.45) is 0. The minimum atomic E-state index is -0.388. The smallest absolute Gasteiger partial charge is 0.277 e. The highest BCUT2D eigenvalue weighted by molar-refractivity contribution is 7.99. The molecule has 1 aromatic heterocycles. The molecule has 0 spiro atoms. The van der Waals surface area contributed by atoms with Crippen molar-refractivity contribution in [3.05, 3.63) is 35.5 Å². The van der Waals surface area contributed by atoms with E-state index in [0.717, 1.165) is 17.3 Å². The number of anilines is 1. The quantitative estimate of drug-likeness (QED) is 0.872. The van der Waals surface area contributed by atoms with Crippen molar-refractivity contribution in [2.75, 3.05) is 11.1 Å². The molecular weight excluding hydrogens is 269 g/mol. The molecule has 0 unspecified atom stereocenters. The summed E-state index contributed by atoms with van der Waals surface area (Å²) in [4.78, 5) is 11.7.